The van der Waals surface area contributed by atoms with Gasteiger partial charge < -0.3 is 20.4 Å². The van der Waals surface area contributed by atoms with Crippen LogP contribution in [0.4, 0.5) is 10.1 Å². The number of nitrogens with one attached hydrogen (secondary N) is 2. The third-order valence-corrected chi connectivity index (χ3v) is 7.32. The molecule has 0 aromatic heterocycles. The molecule has 0 spiro atoms. The molecule has 0 amide bonds. The van der Waals surface area contributed by atoms with Gasteiger partial charge in [0.05, 0.1) is 5.69 Å². The summed E-state index contributed by atoms with van der Waals surface area (Å²) in [4.78, 5) is 8.85. The van der Waals surface area contributed by atoms with Gasteiger partial charge in [0, 0.05) is 51.1 Å². The first-order valence-electron chi connectivity index (χ1n) is 10.4. The predicted octanol–water partition coefficient (Wildman–Crippen LogP) is 3.54. The first-order chi connectivity index (χ1) is 13.5. The van der Waals surface area contributed by atoms with Gasteiger partial charge in [-0.1, -0.05) is 13.0 Å². The molecule has 0 bridgehead atoms. The maximum atomic E-state index is 14.7. The van der Waals surface area contributed by atoms with Crippen LogP contribution in [-0.4, -0.2) is 67.7 Å². The molecule has 8 heteroatoms. The Morgan fingerprint density at radius 1 is 1.24 bits per heavy atom. The quantitative estimate of drug-likeness (QED) is 0.332. The van der Waals surface area contributed by atoms with Crippen LogP contribution < -0.4 is 15.5 Å². The van der Waals surface area contributed by atoms with Gasteiger partial charge in [-0.25, -0.2) is 4.39 Å². The third-order valence-electron chi connectivity index (χ3n) is 5.79. The lowest BCUT2D eigenvalue weighted by Crippen LogP contribution is -2.46. The van der Waals surface area contributed by atoms with Gasteiger partial charge in [0.15, 0.2) is 5.96 Å². The summed E-state index contributed by atoms with van der Waals surface area (Å²) in [5, 5.41) is 6.73. The van der Waals surface area contributed by atoms with Crippen molar-refractivity contribution in [1.29, 1.82) is 0 Å². The zero-order valence-corrected chi connectivity index (χ0v) is 21.0. The average molecular weight is 536 g/mol. The molecular formula is C21H35FIN5S. The maximum Gasteiger partial charge on any atom is 0.191 e. The number of anilines is 1. The van der Waals surface area contributed by atoms with Crippen LogP contribution in [0.25, 0.3) is 0 Å². The minimum absolute atomic E-state index is 0. The van der Waals surface area contributed by atoms with E-state index in [-0.39, 0.29) is 34.5 Å². The van der Waals surface area contributed by atoms with Crippen LogP contribution in [0.5, 0.6) is 0 Å². The fourth-order valence-corrected chi connectivity index (χ4v) is 5.12. The van der Waals surface area contributed by atoms with Crippen LogP contribution in [0, 0.1) is 5.82 Å². The number of hydrogen-bond acceptors (Lipinski definition) is 4. The van der Waals surface area contributed by atoms with Crippen molar-refractivity contribution in [3.05, 3.63) is 29.6 Å². The number of hydrogen-bond donors (Lipinski definition) is 2. The lowest BCUT2D eigenvalue weighted by atomic mass is 10.1. The van der Waals surface area contributed by atoms with Crippen LogP contribution in [0.3, 0.4) is 0 Å². The van der Waals surface area contributed by atoms with Gasteiger partial charge in [0.1, 0.15) is 5.82 Å². The van der Waals surface area contributed by atoms with Crippen molar-refractivity contribution in [3.63, 3.8) is 0 Å². The summed E-state index contributed by atoms with van der Waals surface area (Å²) < 4.78 is 15.0. The minimum Gasteiger partial charge on any atom is -0.367 e. The van der Waals surface area contributed by atoms with E-state index in [1.165, 1.54) is 18.6 Å². The van der Waals surface area contributed by atoms with Crippen LogP contribution in [0.15, 0.2) is 23.2 Å². The second-order valence-corrected chi connectivity index (χ2v) is 9.57. The normalized spacial score (nSPS) is 23.0. The van der Waals surface area contributed by atoms with E-state index < -0.39 is 0 Å². The summed E-state index contributed by atoms with van der Waals surface area (Å²) in [7, 11) is 1.78. The van der Waals surface area contributed by atoms with Gasteiger partial charge in [0.2, 0.25) is 0 Å². The van der Waals surface area contributed by atoms with E-state index >= 15 is 0 Å². The second-order valence-electron chi connectivity index (χ2n) is 7.89. The Balaban J connectivity index is 0.00000300. The van der Waals surface area contributed by atoms with Crippen LogP contribution >= 0.6 is 35.7 Å². The second kappa shape index (κ2) is 11.6. The number of halogens is 2. The van der Waals surface area contributed by atoms with Crippen LogP contribution in [-0.2, 0) is 6.54 Å². The van der Waals surface area contributed by atoms with E-state index in [9.17, 15) is 4.39 Å². The summed E-state index contributed by atoms with van der Waals surface area (Å²) in [5.74, 6) is 1.87. The highest BCUT2D eigenvalue weighted by atomic mass is 127. The highest BCUT2D eigenvalue weighted by Crippen LogP contribution is 2.36. The molecule has 29 heavy (non-hydrogen) atoms. The number of likely N-dealkylation sites (N-methyl/N-ethyl adjacent to an activating group) is 1. The Bertz CT molecular complexity index is 673. The summed E-state index contributed by atoms with van der Waals surface area (Å²) in [6, 6.07) is 5.58. The monoisotopic (exact) mass is 535 g/mol. The summed E-state index contributed by atoms with van der Waals surface area (Å²) in [6.45, 7) is 10.8. The topological polar surface area (TPSA) is 42.9 Å². The van der Waals surface area contributed by atoms with Crippen molar-refractivity contribution < 1.29 is 4.39 Å². The molecule has 0 aliphatic carbocycles. The Hall–Kier alpha value is -0.740. The molecule has 1 aromatic rings. The fourth-order valence-electron chi connectivity index (χ4n) is 3.88. The standard InChI is InChI=1S/C21H34FN5S.HI/c1-4-26-9-11-27(12-10-26)19-7-6-17(14-18(19)22)15-24-20(23-3)25-16-21(2)8-5-13-28-21;/h6-7,14H,4-5,8-13,15-16H2,1-3H3,(H2,23,24,25);1H. The molecule has 2 heterocycles. The minimum atomic E-state index is -0.137. The number of thioether (sulfide) groups is 1. The van der Waals surface area contributed by atoms with Gasteiger partial charge >= 0.3 is 0 Å². The van der Waals surface area contributed by atoms with Gasteiger partial charge in [-0.2, -0.15) is 11.8 Å². The molecule has 2 saturated heterocycles. The Kier molecular flexibility index (Phi) is 9.81. The average Bonchev–Trinajstić information content (AvgIpc) is 3.15. The summed E-state index contributed by atoms with van der Waals surface area (Å²) in [5.41, 5.74) is 1.64. The molecule has 2 aliphatic rings. The summed E-state index contributed by atoms with van der Waals surface area (Å²) >= 11 is 2.03. The van der Waals surface area contributed by atoms with E-state index in [1.54, 1.807) is 13.1 Å². The highest BCUT2D eigenvalue weighted by molar-refractivity contribution is 14.0. The Morgan fingerprint density at radius 2 is 2.00 bits per heavy atom. The molecule has 2 aliphatic heterocycles. The van der Waals surface area contributed by atoms with Crippen molar-refractivity contribution in [1.82, 2.24) is 15.5 Å². The highest BCUT2D eigenvalue weighted by Gasteiger charge is 2.29. The van der Waals surface area contributed by atoms with E-state index in [2.05, 4.69) is 39.3 Å². The largest absolute Gasteiger partial charge is 0.367 e. The first-order valence-corrected chi connectivity index (χ1v) is 11.4. The van der Waals surface area contributed by atoms with Gasteiger partial charge in [0.25, 0.3) is 0 Å². The van der Waals surface area contributed by atoms with Crippen LogP contribution in [0.1, 0.15) is 32.3 Å². The third kappa shape index (κ3) is 6.89. The molecule has 1 atom stereocenters. The van der Waals surface area contributed by atoms with E-state index in [4.69, 9.17) is 0 Å². The SMILES string of the molecule is CCN1CCN(c2ccc(CNC(=NC)NCC3(C)CCCS3)cc2F)CC1.I. The molecule has 2 N–H and O–H groups in total. The fraction of sp³-hybridized carbons (Fsp3) is 0.667. The van der Waals surface area contributed by atoms with Crippen molar-refractivity contribution in [2.75, 3.05) is 57.0 Å². The lowest BCUT2D eigenvalue weighted by molar-refractivity contribution is 0.270. The number of guanidine groups is 1. The summed E-state index contributed by atoms with van der Waals surface area (Å²) in [6.07, 6.45) is 2.52. The zero-order valence-electron chi connectivity index (χ0n) is 17.8. The maximum absolute atomic E-state index is 14.7. The first kappa shape index (κ1) is 24.5. The number of benzene rings is 1. The number of rotatable bonds is 6. The molecule has 3 rings (SSSR count). The zero-order chi connectivity index (χ0) is 20.0. The van der Waals surface area contributed by atoms with E-state index in [1.807, 2.05) is 23.9 Å². The smallest absolute Gasteiger partial charge is 0.191 e. The van der Waals surface area contributed by atoms with Crippen molar-refractivity contribution in [2.45, 2.75) is 38.0 Å². The van der Waals surface area contributed by atoms with Crippen molar-refractivity contribution in [2.24, 2.45) is 4.99 Å². The molecular weight excluding hydrogens is 500 g/mol. The van der Waals surface area contributed by atoms with Crippen LogP contribution in [0.2, 0.25) is 0 Å². The van der Waals surface area contributed by atoms with Gasteiger partial charge in [-0.3, -0.25) is 4.99 Å². The van der Waals surface area contributed by atoms with Gasteiger partial charge in [-0.15, -0.1) is 24.0 Å². The molecule has 5 nitrogen and oxygen atoms in total. The van der Waals surface area contributed by atoms with Gasteiger partial charge in [-0.05, 0) is 49.8 Å². The molecule has 0 saturated carbocycles. The number of aliphatic imine (C=N–C) groups is 1. The molecule has 0 radical (unpaired) electrons. The molecule has 2 fully saturated rings. The van der Waals surface area contributed by atoms with E-state index in [0.29, 0.717) is 12.2 Å². The molecule has 1 unspecified atom stereocenters. The Morgan fingerprint density at radius 3 is 2.59 bits per heavy atom. The number of piperazine rings is 1. The van der Waals surface area contributed by atoms with E-state index in [0.717, 1.165) is 50.8 Å². The van der Waals surface area contributed by atoms with Crippen molar-refractivity contribution in [3.8, 4) is 0 Å². The van der Waals surface area contributed by atoms with Crippen molar-refractivity contribution >= 4 is 47.4 Å². The predicted molar refractivity (Wildman–Crippen MR) is 134 cm³/mol. The molecule has 164 valence electrons. The Labute approximate surface area is 196 Å². The molecule has 1 aromatic carbocycles. The number of nitrogens with zero attached hydrogens (tertiary/aromatic N) is 3. The lowest BCUT2D eigenvalue weighted by Gasteiger charge is -2.35.